The van der Waals surface area contributed by atoms with Crippen molar-refractivity contribution in [2.45, 2.75) is 381 Å². The second-order valence-corrected chi connectivity index (χ2v) is 29.3. The quantitative estimate of drug-likeness (QED) is 0.0222. The lowest BCUT2D eigenvalue weighted by atomic mass is 9.99. The number of rotatable bonds is 70. The summed E-state index contributed by atoms with van der Waals surface area (Å²) in [6.07, 6.45) is 49.0. The summed E-state index contributed by atoms with van der Waals surface area (Å²) in [6.45, 7) is 9.44. The molecule has 0 bridgehead atoms. The molecule has 0 saturated heterocycles. The third-order valence-electron chi connectivity index (χ3n) is 16.8. The average Bonchev–Trinajstić information content (AvgIpc) is 3.22. The van der Waals surface area contributed by atoms with Gasteiger partial charge in [-0.25, -0.2) is 9.13 Å². The molecule has 0 aromatic heterocycles. The molecule has 19 heteroatoms. The van der Waals surface area contributed by atoms with Crippen molar-refractivity contribution < 1.29 is 80.2 Å². The van der Waals surface area contributed by atoms with Gasteiger partial charge in [0.25, 0.3) is 0 Å². The highest BCUT2D eigenvalue weighted by Crippen LogP contribution is 2.45. The molecule has 0 aromatic carbocycles. The number of aliphatic hydroxyl groups is 1. The Morgan fingerprint density at radius 2 is 0.567 bits per heavy atom. The summed E-state index contributed by atoms with van der Waals surface area (Å²) in [6, 6.07) is 0. The lowest BCUT2D eigenvalue weighted by Gasteiger charge is -2.21. The van der Waals surface area contributed by atoms with Gasteiger partial charge in [-0.05, 0) is 37.5 Å². The van der Waals surface area contributed by atoms with Crippen LogP contribution in [0.2, 0.25) is 0 Å². The van der Waals surface area contributed by atoms with Crippen LogP contribution >= 0.6 is 15.6 Å². The second kappa shape index (κ2) is 63.1. The van der Waals surface area contributed by atoms with Gasteiger partial charge < -0.3 is 33.8 Å². The smallest absolute Gasteiger partial charge is 0.462 e. The van der Waals surface area contributed by atoms with Crippen molar-refractivity contribution in [1.29, 1.82) is 0 Å². The standard InChI is InChI=1S/C71H138O17P2/c1-7-10-12-14-16-17-18-19-20-21-22-23-24-25-26-27-32-36-43-49-55-70(75)87-66(60-82-69(74)54-48-42-35-31-29-28-30-34-40-46-52-64(6)9-3)61-85-89(77,78)83-57-65(72)58-84-90(79,80)86-62-67(59-81-68(73)53-47-41-33-15-13-11-8-2)88-71(76)56-50-44-38-37-39-45-51-63(4)5/h63-67,72H,7-62H2,1-6H3,(H,77,78)(H,79,80)/t64?,65-,66-,67-/m1/s1. The molecule has 0 saturated carbocycles. The normalized spacial score (nSPS) is 14.4. The van der Waals surface area contributed by atoms with E-state index in [0.29, 0.717) is 31.6 Å². The summed E-state index contributed by atoms with van der Waals surface area (Å²) >= 11 is 0. The number of ether oxygens (including phenoxy) is 4. The molecule has 534 valence electrons. The highest BCUT2D eigenvalue weighted by atomic mass is 31.2. The van der Waals surface area contributed by atoms with E-state index in [1.54, 1.807) is 0 Å². The summed E-state index contributed by atoms with van der Waals surface area (Å²) in [7, 11) is -9.89. The van der Waals surface area contributed by atoms with Crippen LogP contribution in [-0.2, 0) is 65.4 Å². The van der Waals surface area contributed by atoms with E-state index in [9.17, 15) is 43.2 Å². The van der Waals surface area contributed by atoms with E-state index in [2.05, 4.69) is 41.5 Å². The third kappa shape index (κ3) is 63.5. The fraction of sp³-hybridized carbons (Fsp3) is 0.944. The SMILES string of the molecule is CCCCCCCCCCCCCCCCCCCCCCC(=O)O[C@H](COC(=O)CCCCCCCCCCCCC(C)CC)COP(=O)(O)OC[C@@H](O)COP(=O)(O)OC[C@@H](COC(=O)CCCCCCCCC)OC(=O)CCCCCCCCC(C)C. The van der Waals surface area contributed by atoms with E-state index in [1.807, 2.05) is 0 Å². The Morgan fingerprint density at radius 3 is 0.844 bits per heavy atom. The molecule has 0 aliphatic rings. The lowest BCUT2D eigenvalue weighted by Crippen LogP contribution is -2.30. The predicted molar refractivity (Wildman–Crippen MR) is 363 cm³/mol. The van der Waals surface area contributed by atoms with Crippen LogP contribution in [0.4, 0.5) is 0 Å². The van der Waals surface area contributed by atoms with Crippen molar-refractivity contribution in [3.05, 3.63) is 0 Å². The molecule has 6 atom stereocenters. The summed E-state index contributed by atoms with van der Waals surface area (Å²) < 4.78 is 68.1. The average molecular weight is 1330 g/mol. The molecule has 3 unspecified atom stereocenters. The number of hydrogen-bond donors (Lipinski definition) is 3. The van der Waals surface area contributed by atoms with Gasteiger partial charge in [-0.15, -0.1) is 0 Å². The van der Waals surface area contributed by atoms with Crippen LogP contribution in [0.3, 0.4) is 0 Å². The van der Waals surface area contributed by atoms with Crippen LogP contribution in [0.5, 0.6) is 0 Å². The van der Waals surface area contributed by atoms with Gasteiger partial charge >= 0.3 is 39.5 Å². The number of aliphatic hydroxyl groups excluding tert-OH is 1. The number of phosphoric acid groups is 2. The first kappa shape index (κ1) is 88.1. The maximum atomic E-state index is 13.0. The first-order valence-corrected chi connectivity index (χ1v) is 40.0. The van der Waals surface area contributed by atoms with Crippen molar-refractivity contribution in [2.24, 2.45) is 11.8 Å². The zero-order valence-corrected chi connectivity index (χ0v) is 60.2. The molecule has 0 heterocycles. The van der Waals surface area contributed by atoms with Crippen LogP contribution in [0.25, 0.3) is 0 Å². The van der Waals surface area contributed by atoms with Gasteiger partial charge in [-0.1, -0.05) is 311 Å². The highest BCUT2D eigenvalue weighted by Gasteiger charge is 2.30. The Kier molecular flexibility index (Phi) is 61.8. The van der Waals surface area contributed by atoms with Gasteiger partial charge in [0, 0.05) is 25.7 Å². The molecule has 0 rings (SSSR count). The molecule has 17 nitrogen and oxygen atoms in total. The molecular weight excluding hydrogens is 1190 g/mol. The summed E-state index contributed by atoms with van der Waals surface area (Å²) in [5.74, 6) is -0.654. The van der Waals surface area contributed by atoms with Gasteiger partial charge in [0.05, 0.1) is 26.4 Å². The fourth-order valence-corrected chi connectivity index (χ4v) is 12.3. The van der Waals surface area contributed by atoms with Crippen molar-refractivity contribution in [2.75, 3.05) is 39.6 Å². The van der Waals surface area contributed by atoms with Crippen molar-refractivity contribution in [3.63, 3.8) is 0 Å². The fourth-order valence-electron chi connectivity index (χ4n) is 10.7. The Morgan fingerprint density at radius 1 is 0.322 bits per heavy atom. The van der Waals surface area contributed by atoms with E-state index in [0.717, 1.165) is 109 Å². The van der Waals surface area contributed by atoms with Crippen molar-refractivity contribution >= 4 is 39.5 Å². The number of carbonyl (C=O) groups is 4. The first-order valence-electron chi connectivity index (χ1n) is 37.0. The number of unbranched alkanes of at least 4 members (excludes halogenated alkanes) is 39. The molecule has 0 aromatic rings. The minimum atomic E-state index is -4.95. The zero-order valence-electron chi connectivity index (χ0n) is 58.4. The van der Waals surface area contributed by atoms with Gasteiger partial charge in [-0.2, -0.15) is 0 Å². The zero-order chi connectivity index (χ0) is 66.5. The predicted octanol–water partition coefficient (Wildman–Crippen LogP) is 20.4. The van der Waals surface area contributed by atoms with Gasteiger partial charge in [0.1, 0.15) is 19.3 Å². The minimum Gasteiger partial charge on any atom is -0.462 e. The van der Waals surface area contributed by atoms with Crippen LogP contribution < -0.4 is 0 Å². The number of esters is 4. The van der Waals surface area contributed by atoms with Gasteiger partial charge in [0.15, 0.2) is 12.2 Å². The van der Waals surface area contributed by atoms with E-state index in [1.165, 1.54) is 167 Å². The van der Waals surface area contributed by atoms with E-state index < -0.39 is 97.5 Å². The van der Waals surface area contributed by atoms with Crippen molar-refractivity contribution in [1.82, 2.24) is 0 Å². The Labute approximate surface area is 549 Å². The Bertz CT molecular complexity index is 1750. The third-order valence-corrected chi connectivity index (χ3v) is 18.7. The van der Waals surface area contributed by atoms with E-state index >= 15 is 0 Å². The number of phosphoric ester groups is 2. The molecule has 0 aliphatic heterocycles. The van der Waals surface area contributed by atoms with Crippen molar-refractivity contribution in [3.8, 4) is 0 Å². The minimum absolute atomic E-state index is 0.102. The Balaban J connectivity index is 5.16. The largest absolute Gasteiger partial charge is 0.472 e. The number of hydrogen-bond acceptors (Lipinski definition) is 15. The highest BCUT2D eigenvalue weighted by molar-refractivity contribution is 7.47. The van der Waals surface area contributed by atoms with Gasteiger partial charge in [-0.3, -0.25) is 37.3 Å². The molecule has 0 radical (unpaired) electrons. The number of carbonyl (C=O) groups excluding carboxylic acids is 4. The summed E-state index contributed by atoms with van der Waals surface area (Å²) in [5.41, 5.74) is 0. The summed E-state index contributed by atoms with van der Waals surface area (Å²) in [4.78, 5) is 72.4. The van der Waals surface area contributed by atoms with Crippen LogP contribution in [0.1, 0.15) is 363 Å². The lowest BCUT2D eigenvalue weighted by molar-refractivity contribution is -0.161. The summed E-state index contributed by atoms with van der Waals surface area (Å²) in [5, 5.41) is 10.6. The van der Waals surface area contributed by atoms with E-state index in [-0.39, 0.29) is 25.7 Å². The second-order valence-electron chi connectivity index (χ2n) is 26.3. The monoisotopic (exact) mass is 1320 g/mol. The van der Waals surface area contributed by atoms with E-state index in [4.69, 9.17) is 37.0 Å². The van der Waals surface area contributed by atoms with Crippen LogP contribution in [0, 0.1) is 11.8 Å². The molecule has 3 N–H and O–H groups in total. The Hall–Kier alpha value is -1.94. The topological polar surface area (TPSA) is 237 Å². The maximum absolute atomic E-state index is 13.0. The van der Waals surface area contributed by atoms with Crippen LogP contribution in [-0.4, -0.2) is 96.7 Å². The molecule has 0 amide bonds. The molecule has 0 aliphatic carbocycles. The van der Waals surface area contributed by atoms with Gasteiger partial charge in [0.2, 0.25) is 0 Å². The molecule has 0 fully saturated rings. The molecule has 0 spiro atoms. The molecule has 90 heavy (non-hydrogen) atoms. The van der Waals surface area contributed by atoms with Crippen LogP contribution in [0.15, 0.2) is 0 Å². The maximum Gasteiger partial charge on any atom is 0.472 e. The molecular formula is C71H138O17P2. The first-order chi connectivity index (χ1) is 43.4.